The highest BCUT2D eigenvalue weighted by Crippen LogP contribution is 2.22. The maximum Gasteiger partial charge on any atom is 0.251 e. The Morgan fingerprint density at radius 2 is 1.96 bits per heavy atom. The van der Waals surface area contributed by atoms with E-state index in [9.17, 15) is 22.4 Å². The van der Waals surface area contributed by atoms with E-state index in [0.29, 0.717) is 6.54 Å². The Kier molecular flexibility index (Phi) is 6.68. The van der Waals surface area contributed by atoms with Gasteiger partial charge in [-0.2, -0.15) is 4.31 Å². The minimum atomic E-state index is -4.08. The molecule has 0 spiro atoms. The average molecular weight is 387 g/mol. The van der Waals surface area contributed by atoms with E-state index in [1.54, 1.807) is 6.92 Å². The van der Waals surface area contributed by atoms with Crippen LogP contribution in [-0.4, -0.2) is 63.4 Å². The molecule has 0 bridgehead atoms. The zero-order valence-corrected chi connectivity index (χ0v) is 15.4. The van der Waals surface area contributed by atoms with Crippen LogP contribution in [0.1, 0.15) is 24.2 Å². The normalized spacial score (nSPS) is 16.7. The molecule has 0 saturated carbocycles. The molecule has 144 valence electrons. The number of amides is 2. The number of sulfonamides is 1. The molecule has 26 heavy (non-hydrogen) atoms. The fourth-order valence-electron chi connectivity index (χ4n) is 2.44. The summed E-state index contributed by atoms with van der Waals surface area (Å²) in [7, 11) is -4.08. The van der Waals surface area contributed by atoms with Crippen molar-refractivity contribution in [2.24, 2.45) is 0 Å². The number of hydrogen-bond acceptors (Lipinski definition) is 5. The van der Waals surface area contributed by atoms with Crippen LogP contribution in [0.5, 0.6) is 0 Å². The molecule has 2 rings (SSSR count). The first kappa shape index (κ1) is 20.3. The number of halogens is 1. The second-order valence-electron chi connectivity index (χ2n) is 5.75. The molecular formula is C16H22FN3O5S. The molecule has 0 radical (unpaired) electrons. The molecule has 1 fully saturated rings. The number of nitrogens with one attached hydrogen (secondary N) is 2. The fourth-order valence-corrected chi connectivity index (χ4v) is 3.94. The minimum Gasteiger partial charge on any atom is -0.379 e. The van der Waals surface area contributed by atoms with E-state index in [-0.39, 0.29) is 37.8 Å². The van der Waals surface area contributed by atoms with Crippen LogP contribution < -0.4 is 10.6 Å². The van der Waals surface area contributed by atoms with Crippen LogP contribution in [0.25, 0.3) is 0 Å². The summed E-state index contributed by atoms with van der Waals surface area (Å²) in [5.74, 6) is -1.98. The third kappa shape index (κ3) is 4.57. The van der Waals surface area contributed by atoms with Crippen LogP contribution in [-0.2, 0) is 19.6 Å². The van der Waals surface area contributed by atoms with E-state index in [0.717, 1.165) is 16.4 Å². The SMILES string of the molecule is CCNC(=O)[C@@H](C)NC(=O)c1ccc(F)c(S(=O)(=O)N2CCOCC2)c1. The van der Waals surface area contributed by atoms with E-state index in [4.69, 9.17) is 4.74 Å². The molecule has 1 atom stereocenters. The van der Waals surface area contributed by atoms with Crippen molar-refractivity contribution in [3.63, 3.8) is 0 Å². The molecule has 0 aromatic heterocycles. The highest BCUT2D eigenvalue weighted by atomic mass is 32.2. The van der Waals surface area contributed by atoms with Crippen molar-refractivity contribution in [1.82, 2.24) is 14.9 Å². The number of benzene rings is 1. The minimum absolute atomic E-state index is 0.0469. The predicted molar refractivity (Wildman–Crippen MR) is 91.6 cm³/mol. The number of carbonyl (C=O) groups excluding carboxylic acids is 2. The summed E-state index contributed by atoms with van der Waals surface area (Å²) in [4.78, 5) is 23.4. The molecule has 1 saturated heterocycles. The van der Waals surface area contributed by atoms with Gasteiger partial charge < -0.3 is 15.4 Å². The molecule has 1 aliphatic rings. The number of likely N-dealkylation sites (N-methyl/N-ethyl adjacent to an activating group) is 1. The van der Waals surface area contributed by atoms with Crippen LogP contribution in [0.4, 0.5) is 4.39 Å². The van der Waals surface area contributed by atoms with Gasteiger partial charge in [-0.1, -0.05) is 0 Å². The number of ether oxygens (including phenoxy) is 1. The van der Waals surface area contributed by atoms with Gasteiger partial charge >= 0.3 is 0 Å². The number of hydrogen-bond donors (Lipinski definition) is 2. The molecule has 1 aromatic rings. The van der Waals surface area contributed by atoms with Gasteiger partial charge in [-0.3, -0.25) is 9.59 Å². The molecule has 2 N–H and O–H groups in total. The lowest BCUT2D eigenvalue weighted by Crippen LogP contribution is -2.44. The molecule has 1 aromatic carbocycles. The van der Waals surface area contributed by atoms with Gasteiger partial charge in [0, 0.05) is 25.2 Å². The zero-order valence-electron chi connectivity index (χ0n) is 14.6. The van der Waals surface area contributed by atoms with Gasteiger partial charge in [0.1, 0.15) is 16.8 Å². The second kappa shape index (κ2) is 8.56. The Balaban J connectivity index is 2.23. The van der Waals surface area contributed by atoms with E-state index in [1.807, 2.05) is 0 Å². The van der Waals surface area contributed by atoms with Crippen molar-refractivity contribution in [3.8, 4) is 0 Å². The summed E-state index contributed by atoms with van der Waals surface area (Å²) in [6, 6.07) is 2.28. The largest absolute Gasteiger partial charge is 0.379 e. The Morgan fingerprint density at radius 3 is 2.58 bits per heavy atom. The van der Waals surface area contributed by atoms with Crippen LogP contribution >= 0.6 is 0 Å². The summed E-state index contributed by atoms with van der Waals surface area (Å²) in [5, 5.41) is 5.02. The number of rotatable bonds is 6. The standard InChI is InChI=1S/C16H22FN3O5S/c1-3-18-15(21)11(2)19-16(22)12-4-5-13(17)14(10-12)26(23,24)20-6-8-25-9-7-20/h4-5,10-11H,3,6-9H2,1-2H3,(H,18,21)(H,19,22)/t11-/m1/s1. The molecule has 0 aliphatic carbocycles. The first-order valence-corrected chi connectivity index (χ1v) is 9.67. The van der Waals surface area contributed by atoms with Gasteiger partial charge in [-0.05, 0) is 32.0 Å². The molecule has 1 aliphatic heterocycles. The smallest absolute Gasteiger partial charge is 0.251 e. The van der Waals surface area contributed by atoms with Crippen molar-refractivity contribution in [2.75, 3.05) is 32.8 Å². The fraction of sp³-hybridized carbons (Fsp3) is 0.500. The van der Waals surface area contributed by atoms with Crippen LogP contribution in [0.15, 0.2) is 23.1 Å². The summed E-state index contributed by atoms with van der Waals surface area (Å²) in [6.07, 6.45) is 0. The molecular weight excluding hydrogens is 365 g/mol. The van der Waals surface area contributed by atoms with Gasteiger partial charge in [-0.25, -0.2) is 12.8 Å². The summed E-state index contributed by atoms with van der Waals surface area (Å²) < 4.78 is 45.6. The van der Waals surface area contributed by atoms with E-state index < -0.39 is 32.7 Å². The quantitative estimate of drug-likeness (QED) is 0.720. The summed E-state index contributed by atoms with van der Waals surface area (Å²) in [6.45, 7) is 4.35. The molecule has 10 heteroatoms. The van der Waals surface area contributed by atoms with Crippen molar-refractivity contribution < 1.29 is 27.1 Å². The van der Waals surface area contributed by atoms with Gasteiger partial charge in [0.2, 0.25) is 15.9 Å². The summed E-state index contributed by atoms with van der Waals surface area (Å²) in [5.41, 5.74) is -0.0469. The highest BCUT2D eigenvalue weighted by Gasteiger charge is 2.30. The third-order valence-corrected chi connectivity index (χ3v) is 5.79. The van der Waals surface area contributed by atoms with Crippen molar-refractivity contribution in [3.05, 3.63) is 29.6 Å². The van der Waals surface area contributed by atoms with Gasteiger partial charge in [0.05, 0.1) is 13.2 Å². The Hall–Kier alpha value is -2.04. The van der Waals surface area contributed by atoms with Crippen LogP contribution in [0.3, 0.4) is 0 Å². The lowest BCUT2D eigenvalue weighted by Gasteiger charge is -2.26. The molecule has 2 amide bonds. The van der Waals surface area contributed by atoms with Crippen LogP contribution in [0, 0.1) is 5.82 Å². The van der Waals surface area contributed by atoms with E-state index in [1.165, 1.54) is 13.0 Å². The van der Waals surface area contributed by atoms with Gasteiger partial charge in [-0.15, -0.1) is 0 Å². The molecule has 8 nitrogen and oxygen atoms in total. The maximum atomic E-state index is 14.1. The number of morpholine rings is 1. The second-order valence-corrected chi connectivity index (χ2v) is 7.66. The van der Waals surface area contributed by atoms with E-state index in [2.05, 4.69) is 10.6 Å². The lowest BCUT2D eigenvalue weighted by atomic mass is 10.2. The van der Waals surface area contributed by atoms with Gasteiger partial charge in [0.25, 0.3) is 5.91 Å². The molecule has 0 unspecified atom stereocenters. The topological polar surface area (TPSA) is 105 Å². The first-order chi connectivity index (χ1) is 12.3. The Morgan fingerprint density at radius 1 is 1.31 bits per heavy atom. The highest BCUT2D eigenvalue weighted by molar-refractivity contribution is 7.89. The molecule has 1 heterocycles. The number of nitrogens with zero attached hydrogens (tertiary/aromatic N) is 1. The van der Waals surface area contributed by atoms with Gasteiger partial charge in [0.15, 0.2) is 0 Å². The monoisotopic (exact) mass is 387 g/mol. The predicted octanol–water partition coefficient (Wildman–Crippen LogP) is 0.101. The average Bonchev–Trinajstić information content (AvgIpc) is 2.62. The lowest BCUT2D eigenvalue weighted by molar-refractivity contribution is -0.122. The number of carbonyl (C=O) groups is 2. The van der Waals surface area contributed by atoms with Crippen LogP contribution in [0.2, 0.25) is 0 Å². The van der Waals surface area contributed by atoms with Crippen molar-refractivity contribution in [1.29, 1.82) is 0 Å². The zero-order chi connectivity index (χ0) is 19.3. The Labute approximate surface area is 151 Å². The summed E-state index contributed by atoms with van der Waals surface area (Å²) >= 11 is 0. The first-order valence-electron chi connectivity index (χ1n) is 8.23. The van der Waals surface area contributed by atoms with Crippen molar-refractivity contribution >= 4 is 21.8 Å². The third-order valence-electron chi connectivity index (χ3n) is 3.87. The van der Waals surface area contributed by atoms with Crippen molar-refractivity contribution in [2.45, 2.75) is 24.8 Å². The van der Waals surface area contributed by atoms with E-state index >= 15 is 0 Å². The Bertz CT molecular complexity index is 778. The maximum absolute atomic E-state index is 14.1.